The Labute approximate surface area is 234 Å². The third-order valence-corrected chi connectivity index (χ3v) is 5.41. The number of nitrogens with one attached hydrogen (secondary N) is 3. The SMILES string of the molecule is CCN=C(/C=C\N)C(=O)NCC(=O)Nc1cc(C(COC)c2cc(F)c[nH]c2=O)ccn1.Fc1ccccc1Cl. The van der Waals surface area contributed by atoms with E-state index in [9.17, 15) is 23.2 Å². The third kappa shape index (κ3) is 10.0. The van der Waals surface area contributed by atoms with Gasteiger partial charge in [-0.25, -0.2) is 13.8 Å². The van der Waals surface area contributed by atoms with Crippen molar-refractivity contribution in [3.8, 4) is 0 Å². The Morgan fingerprint density at radius 2 is 2.00 bits per heavy atom. The smallest absolute Gasteiger partial charge is 0.269 e. The molecule has 0 aliphatic rings. The normalized spacial score (nSPS) is 11.9. The number of amides is 2. The molecule has 0 bridgehead atoms. The summed E-state index contributed by atoms with van der Waals surface area (Å²) in [6.07, 6.45) is 4.94. The minimum absolute atomic E-state index is 0.102. The number of ether oxygens (including phenoxy) is 1. The fourth-order valence-corrected chi connectivity index (χ4v) is 3.47. The Bertz CT molecular complexity index is 1390. The van der Waals surface area contributed by atoms with E-state index >= 15 is 0 Å². The molecule has 0 aliphatic heterocycles. The van der Waals surface area contributed by atoms with Gasteiger partial charge in [-0.3, -0.25) is 19.4 Å². The van der Waals surface area contributed by atoms with Gasteiger partial charge in [0, 0.05) is 37.5 Å². The van der Waals surface area contributed by atoms with Crippen molar-refractivity contribution in [2.45, 2.75) is 12.8 Å². The van der Waals surface area contributed by atoms with Crippen LogP contribution in [0, 0.1) is 11.6 Å². The standard InChI is InChI=1S/C21H25FN6O4.C6H4ClF/c1-3-24-17(4-6-23)21(31)27-11-19(29)28-18-8-13(5-7-25-18)16(12-32-2)15-9-14(22)10-26-20(15)30;7-5-3-1-2-4-6(5)8/h4-10,16H,3,11-12,23H2,1-2H3,(H,26,30)(H,27,31)(H,25,28,29);1-4H/b6-4-,24-17?;. The van der Waals surface area contributed by atoms with Crippen LogP contribution in [0.5, 0.6) is 0 Å². The van der Waals surface area contributed by atoms with Crippen molar-refractivity contribution in [3.63, 3.8) is 0 Å². The second-order valence-corrected chi connectivity index (χ2v) is 8.36. The highest BCUT2D eigenvalue weighted by Crippen LogP contribution is 2.24. The number of benzene rings is 1. The second kappa shape index (κ2) is 16.5. The average Bonchev–Trinajstić information content (AvgIpc) is 2.94. The molecule has 0 fully saturated rings. The topological polar surface area (TPSA) is 152 Å². The zero-order valence-electron chi connectivity index (χ0n) is 21.8. The summed E-state index contributed by atoms with van der Waals surface area (Å²) in [6.45, 7) is 1.93. The number of pyridine rings is 2. The Balaban J connectivity index is 0.000000598. The van der Waals surface area contributed by atoms with Crippen molar-refractivity contribution in [1.29, 1.82) is 0 Å². The van der Waals surface area contributed by atoms with Crippen molar-refractivity contribution in [2.24, 2.45) is 10.7 Å². The maximum absolute atomic E-state index is 13.7. The maximum Gasteiger partial charge on any atom is 0.269 e. The first-order valence-electron chi connectivity index (χ1n) is 11.9. The number of hydrogen-bond donors (Lipinski definition) is 4. The van der Waals surface area contributed by atoms with Crippen LogP contribution in [0.15, 0.2) is 76.9 Å². The molecular formula is C27H29ClF2N6O4. The summed E-state index contributed by atoms with van der Waals surface area (Å²) in [5, 5.41) is 5.19. The van der Waals surface area contributed by atoms with E-state index in [1.807, 2.05) is 0 Å². The van der Waals surface area contributed by atoms with Crippen LogP contribution in [0.4, 0.5) is 14.6 Å². The molecule has 0 aliphatic carbocycles. The number of carbonyl (C=O) groups is 2. The Morgan fingerprint density at radius 3 is 2.62 bits per heavy atom. The van der Waals surface area contributed by atoms with E-state index in [1.54, 1.807) is 31.2 Å². The molecule has 5 N–H and O–H groups in total. The number of carbonyl (C=O) groups excluding carboxylic acids is 2. The lowest BCUT2D eigenvalue weighted by molar-refractivity contribution is -0.120. The summed E-state index contributed by atoms with van der Waals surface area (Å²) in [6, 6.07) is 10.4. The van der Waals surface area contributed by atoms with E-state index in [-0.39, 0.29) is 41.1 Å². The molecule has 1 atom stereocenters. The van der Waals surface area contributed by atoms with E-state index in [4.69, 9.17) is 22.1 Å². The number of nitrogens with two attached hydrogens (primary N) is 1. The van der Waals surface area contributed by atoms with Crippen LogP contribution in [0.2, 0.25) is 5.02 Å². The van der Waals surface area contributed by atoms with E-state index in [0.29, 0.717) is 12.1 Å². The van der Waals surface area contributed by atoms with Gasteiger partial charge in [0.25, 0.3) is 11.5 Å². The Morgan fingerprint density at radius 1 is 1.25 bits per heavy atom. The summed E-state index contributed by atoms with van der Waals surface area (Å²) in [4.78, 5) is 47.0. The minimum Gasteiger partial charge on any atom is -0.405 e. The van der Waals surface area contributed by atoms with Gasteiger partial charge in [-0.15, -0.1) is 0 Å². The number of aromatic nitrogens is 2. The van der Waals surface area contributed by atoms with Gasteiger partial charge in [0.1, 0.15) is 23.2 Å². The first-order chi connectivity index (χ1) is 19.2. The molecule has 1 unspecified atom stereocenters. The molecule has 13 heteroatoms. The van der Waals surface area contributed by atoms with Gasteiger partial charge in [-0.2, -0.15) is 0 Å². The lowest BCUT2D eigenvalue weighted by Crippen LogP contribution is -2.37. The molecule has 2 aromatic heterocycles. The van der Waals surface area contributed by atoms with Gasteiger partial charge in [-0.05, 0) is 55.1 Å². The van der Waals surface area contributed by atoms with Crippen LogP contribution >= 0.6 is 11.6 Å². The molecule has 0 saturated carbocycles. The Hall–Kier alpha value is -4.42. The fraction of sp³-hybridized carbons (Fsp3) is 0.222. The highest BCUT2D eigenvalue weighted by Gasteiger charge is 2.20. The van der Waals surface area contributed by atoms with Gasteiger partial charge in [-0.1, -0.05) is 23.7 Å². The second-order valence-electron chi connectivity index (χ2n) is 7.95. The highest BCUT2D eigenvalue weighted by atomic mass is 35.5. The zero-order valence-corrected chi connectivity index (χ0v) is 22.5. The third-order valence-electron chi connectivity index (χ3n) is 5.11. The fourth-order valence-electron chi connectivity index (χ4n) is 3.34. The molecular weight excluding hydrogens is 546 g/mol. The quantitative estimate of drug-likeness (QED) is 0.273. The van der Waals surface area contributed by atoms with Crippen LogP contribution in [0.1, 0.15) is 24.0 Å². The summed E-state index contributed by atoms with van der Waals surface area (Å²) >= 11 is 5.33. The minimum atomic E-state index is -0.589. The lowest BCUT2D eigenvalue weighted by atomic mass is 9.93. The monoisotopic (exact) mass is 574 g/mol. The molecule has 2 amide bonds. The summed E-state index contributed by atoms with van der Waals surface area (Å²) in [7, 11) is 1.46. The molecule has 10 nitrogen and oxygen atoms in total. The number of anilines is 1. The molecule has 3 rings (SSSR count). The number of methoxy groups -OCH3 is 1. The van der Waals surface area contributed by atoms with Crippen molar-refractivity contribution in [3.05, 3.63) is 105 Å². The number of halogens is 3. The number of H-pyrrole nitrogens is 1. The van der Waals surface area contributed by atoms with E-state index in [0.717, 1.165) is 12.3 Å². The lowest BCUT2D eigenvalue weighted by Gasteiger charge is -2.17. The number of rotatable bonds is 10. The van der Waals surface area contributed by atoms with Crippen LogP contribution in [-0.2, 0) is 14.3 Å². The van der Waals surface area contributed by atoms with E-state index < -0.39 is 29.1 Å². The first-order valence-corrected chi connectivity index (χ1v) is 12.3. The molecule has 0 saturated heterocycles. The molecule has 212 valence electrons. The summed E-state index contributed by atoms with van der Waals surface area (Å²) < 4.78 is 31.1. The van der Waals surface area contributed by atoms with Gasteiger partial charge in [0.2, 0.25) is 5.91 Å². The number of hydrogen-bond acceptors (Lipinski definition) is 7. The largest absolute Gasteiger partial charge is 0.405 e. The zero-order chi connectivity index (χ0) is 29.5. The van der Waals surface area contributed by atoms with Gasteiger partial charge in [0.05, 0.1) is 18.2 Å². The van der Waals surface area contributed by atoms with Crippen LogP contribution in [0.25, 0.3) is 0 Å². The van der Waals surface area contributed by atoms with Crippen LogP contribution in [0.3, 0.4) is 0 Å². The predicted molar refractivity (Wildman–Crippen MR) is 149 cm³/mol. The van der Waals surface area contributed by atoms with Crippen LogP contribution < -0.4 is 21.9 Å². The molecule has 2 heterocycles. The van der Waals surface area contributed by atoms with Crippen molar-refractivity contribution in [2.75, 3.05) is 32.1 Å². The summed E-state index contributed by atoms with van der Waals surface area (Å²) in [5.74, 6) is -2.42. The van der Waals surface area contributed by atoms with Crippen molar-refractivity contribution in [1.82, 2.24) is 15.3 Å². The molecule has 0 radical (unpaired) electrons. The van der Waals surface area contributed by atoms with Crippen molar-refractivity contribution >= 4 is 34.9 Å². The molecule has 40 heavy (non-hydrogen) atoms. The number of aliphatic imine (C=N–C) groups is 1. The molecule has 0 spiro atoms. The van der Waals surface area contributed by atoms with Crippen LogP contribution in [-0.4, -0.2) is 54.3 Å². The van der Waals surface area contributed by atoms with Gasteiger partial charge in [0.15, 0.2) is 0 Å². The average molecular weight is 575 g/mol. The van der Waals surface area contributed by atoms with E-state index in [1.165, 1.54) is 37.7 Å². The molecule has 3 aromatic rings. The highest BCUT2D eigenvalue weighted by molar-refractivity contribution is 6.43. The first kappa shape index (κ1) is 31.8. The number of aromatic amines is 1. The maximum atomic E-state index is 13.7. The van der Waals surface area contributed by atoms with E-state index in [2.05, 4.69) is 25.6 Å². The predicted octanol–water partition coefficient (Wildman–Crippen LogP) is 3.15. The van der Waals surface area contributed by atoms with Gasteiger partial charge < -0.3 is 26.1 Å². The number of nitrogens with zero attached hydrogens (tertiary/aromatic N) is 2. The Kier molecular flexibility index (Phi) is 13.1. The van der Waals surface area contributed by atoms with Crippen molar-refractivity contribution < 1.29 is 23.1 Å². The molecule has 1 aromatic carbocycles. The summed E-state index contributed by atoms with van der Waals surface area (Å²) in [5.41, 5.74) is 5.71. The van der Waals surface area contributed by atoms with Gasteiger partial charge >= 0.3 is 0 Å².